The Hall–Kier alpha value is -1.02. The van der Waals surface area contributed by atoms with E-state index in [1.54, 1.807) is 5.56 Å². The Bertz CT molecular complexity index is 419. The van der Waals surface area contributed by atoms with Crippen molar-refractivity contribution in [2.75, 3.05) is 32.0 Å². The van der Waals surface area contributed by atoms with Gasteiger partial charge in [-0.25, -0.2) is 0 Å². The lowest BCUT2D eigenvalue weighted by molar-refractivity contribution is 0.202. The number of anilines is 1. The van der Waals surface area contributed by atoms with Gasteiger partial charge in [0, 0.05) is 18.2 Å². The van der Waals surface area contributed by atoms with Crippen molar-refractivity contribution in [3.8, 4) is 0 Å². The third-order valence-electron chi connectivity index (χ3n) is 4.79. The lowest BCUT2D eigenvalue weighted by Gasteiger charge is -2.32. The van der Waals surface area contributed by atoms with Crippen molar-refractivity contribution in [3.63, 3.8) is 0 Å². The second-order valence-electron chi connectivity index (χ2n) is 5.86. The maximum Gasteiger partial charge on any atom is 0.0409 e. The summed E-state index contributed by atoms with van der Waals surface area (Å²) in [6.45, 7) is 5.94. The summed E-state index contributed by atoms with van der Waals surface area (Å²) in [7, 11) is 2.24. The van der Waals surface area contributed by atoms with Crippen LogP contribution in [-0.2, 0) is 6.42 Å². The van der Waals surface area contributed by atoms with Gasteiger partial charge in [-0.05, 0) is 56.4 Å². The van der Waals surface area contributed by atoms with Crippen LogP contribution in [0.15, 0.2) is 18.2 Å². The lowest BCUT2D eigenvalue weighted by Crippen LogP contribution is -2.33. The van der Waals surface area contributed by atoms with Crippen LogP contribution < -0.4 is 5.32 Å². The second-order valence-corrected chi connectivity index (χ2v) is 5.86. The van der Waals surface area contributed by atoms with Crippen LogP contribution in [0, 0.1) is 5.92 Å². The van der Waals surface area contributed by atoms with Gasteiger partial charge in [0.05, 0.1) is 0 Å². The summed E-state index contributed by atoms with van der Waals surface area (Å²) in [5.41, 5.74) is 4.52. The number of hydrogen-bond donors (Lipinski definition) is 1. The first-order valence-electron chi connectivity index (χ1n) is 7.33. The van der Waals surface area contributed by atoms with E-state index in [1.807, 2.05) is 0 Å². The van der Waals surface area contributed by atoms with Gasteiger partial charge >= 0.3 is 0 Å². The summed E-state index contributed by atoms with van der Waals surface area (Å²) in [6, 6.07) is 6.85. The maximum atomic E-state index is 3.66. The Morgan fingerprint density at radius 1 is 1.28 bits per heavy atom. The zero-order valence-electron chi connectivity index (χ0n) is 11.6. The van der Waals surface area contributed by atoms with Crippen LogP contribution in [0.4, 0.5) is 5.69 Å². The highest BCUT2D eigenvalue weighted by atomic mass is 15.1. The average Bonchev–Trinajstić information content (AvgIpc) is 2.83. The Labute approximate surface area is 110 Å². The highest BCUT2D eigenvalue weighted by Gasteiger charge is 2.32. The van der Waals surface area contributed by atoms with Crippen molar-refractivity contribution in [3.05, 3.63) is 29.3 Å². The molecule has 0 bridgehead atoms. The first kappa shape index (κ1) is 12.0. The highest BCUT2D eigenvalue weighted by molar-refractivity contribution is 5.63. The fraction of sp³-hybridized carbons (Fsp3) is 0.625. The van der Waals surface area contributed by atoms with E-state index >= 15 is 0 Å². The molecule has 1 aromatic carbocycles. The first-order valence-corrected chi connectivity index (χ1v) is 7.33. The van der Waals surface area contributed by atoms with Crippen LogP contribution in [0.25, 0.3) is 0 Å². The molecule has 98 valence electrons. The predicted molar refractivity (Wildman–Crippen MR) is 77.3 cm³/mol. The van der Waals surface area contributed by atoms with E-state index in [1.165, 1.54) is 37.2 Å². The summed E-state index contributed by atoms with van der Waals surface area (Å²) in [4.78, 5) is 2.46. The first-order chi connectivity index (χ1) is 8.79. The third-order valence-corrected chi connectivity index (χ3v) is 4.79. The normalized spacial score (nSPS) is 24.9. The number of piperidine rings is 1. The van der Waals surface area contributed by atoms with Crippen molar-refractivity contribution in [2.24, 2.45) is 5.92 Å². The zero-order chi connectivity index (χ0) is 12.5. The quantitative estimate of drug-likeness (QED) is 0.860. The van der Waals surface area contributed by atoms with E-state index in [0.717, 1.165) is 24.8 Å². The standard InChI is InChI=1S/C16H24N2/c1-3-12-5-4-6-14-15(11-17-16(12)14)13-7-9-18(2)10-8-13/h4-6,13,15,17H,3,7-11H2,1-2H3. The molecule has 0 aromatic heterocycles. The summed E-state index contributed by atoms with van der Waals surface area (Å²) >= 11 is 0. The smallest absolute Gasteiger partial charge is 0.0409 e. The van der Waals surface area contributed by atoms with Crippen LogP contribution in [0.3, 0.4) is 0 Å². The largest absolute Gasteiger partial charge is 0.384 e. The number of para-hydroxylation sites is 1. The van der Waals surface area contributed by atoms with Crippen LogP contribution in [0.5, 0.6) is 0 Å². The van der Waals surface area contributed by atoms with Crippen molar-refractivity contribution in [1.82, 2.24) is 4.90 Å². The van der Waals surface area contributed by atoms with Gasteiger partial charge in [0.2, 0.25) is 0 Å². The number of benzene rings is 1. The van der Waals surface area contributed by atoms with Crippen LogP contribution >= 0.6 is 0 Å². The van der Waals surface area contributed by atoms with Crippen molar-refractivity contribution in [2.45, 2.75) is 32.1 Å². The molecule has 1 fully saturated rings. The summed E-state index contributed by atoms with van der Waals surface area (Å²) in [5.74, 6) is 1.63. The minimum Gasteiger partial charge on any atom is -0.384 e. The molecule has 2 aliphatic heterocycles. The number of nitrogens with one attached hydrogen (secondary N) is 1. The highest BCUT2D eigenvalue weighted by Crippen LogP contribution is 2.41. The number of nitrogens with zero attached hydrogens (tertiary/aromatic N) is 1. The lowest BCUT2D eigenvalue weighted by atomic mass is 9.81. The molecule has 3 rings (SSSR count). The monoisotopic (exact) mass is 244 g/mol. The van der Waals surface area contributed by atoms with Gasteiger partial charge in [0.25, 0.3) is 0 Å². The fourth-order valence-electron chi connectivity index (χ4n) is 3.61. The number of likely N-dealkylation sites (tertiary alicyclic amines) is 1. The molecule has 2 heterocycles. The second kappa shape index (κ2) is 4.93. The molecule has 0 saturated carbocycles. The third kappa shape index (κ3) is 2.03. The Balaban J connectivity index is 1.82. The SMILES string of the molecule is CCc1cccc2c1NCC2C1CCN(C)CC1. The molecule has 1 aromatic rings. The van der Waals surface area contributed by atoms with Crippen molar-refractivity contribution in [1.29, 1.82) is 0 Å². The van der Waals surface area contributed by atoms with E-state index in [-0.39, 0.29) is 0 Å². The molecular formula is C16H24N2. The Kier molecular flexibility index (Phi) is 3.29. The van der Waals surface area contributed by atoms with Gasteiger partial charge in [-0.15, -0.1) is 0 Å². The Morgan fingerprint density at radius 2 is 2.06 bits per heavy atom. The molecule has 2 heteroatoms. The molecule has 1 unspecified atom stereocenters. The number of fused-ring (bicyclic) bond motifs is 1. The van der Waals surface area contributed by atoms with Crippen molar-refractivity contribution >= 4 is 5.69 Å². The Morgan fingerprint density at radius 3 is 2.78 bits per heavy atom. The van der Waals surface area contributed by atoms with Crippen LogP contribution in [0.2, 0.25) is 0 Å². The van der Waals surface area contributed by atoms with Gasteiger partial charge in [0.1, 0.15) is 0 Å². The molecule has 18 heavy (non-hydrogen) atoms. The number of rotatable bonds is 2. The molecule has 2 nitrogen and oxygen atoms in total. The van der Waals surface area contributed by atoms with E-state index in [0.29, 0.717) is 0 Å². The van der Waals surface area contributed by atoms with Crippen molar-refractivity contribution < 1.29 is 0 Å². The minimum absolute atomic E-state index is 0.750. The van der Waals surface area contributed by atoms with E-state index in [9.17, 15) is 0 Å². The molecule has 2 aliphatic rings. The van der Waals surface area contributed by atoms with Gasteiger partial charge in [-0.2, -0.15) is 0 Å². The van der Waals surface area contributed by atoms with Crippen LogP contribution in [-0.4, -0.2) is 31.6 Å². The predicted octanol–water partition coefficient (Wildman–Crippen LogP) is 3.10. The zero-order valence-corrected chi connectivity index (χ0v) is 11.6. The molecule has 1 saturated heterocycles. The molecule has 0 amide bonds. The number of aryl methyl sites for hydroxylation is 1. The van der Waals surface area contributed by atoms with Gasteiger partial charge in [0.15, 0.2) is 0 Å². The van der Waals surface area contributed by atoms with E-state index in [2.05, 4.69) is 42.4 Å². The summed E-state index contributed by atoms with van der Waals surface area (Å²) < 4.78 is 0. The topological polar surface area (TPSA) is 15.3 Å². The molecule has 0 radical (unpaired) electrons. The molecule has 0 aliphatic carbocycles. The fourth-order valence-corrected chi connectivity index (χ4v) is 3.61. The summed E-state index contributed by atoms with van der Waals surface area (Å²) in [6.07, 6.45) is 3.85. The van der Waals surface area contributed by atoms with Gasteiger partial charge in [-0.3, -0.25) is 0 Å². The molecule has 1 N–H and O–H groups in total. The molecule has 0 spiro atoms. The summed E-state index contributed by atoms with van der Waals surface area (Å²) in [5, 5.41) is 3.66. The minimum atomic E-state index is 0.750. The van der Waals surface area contributed by atoms with Gasteiger partial charge < -0.3 is 10.2 Å². The van der Waals surface area contributed by atoms with E-state index in [4.69, 9.17) is 0 Å². The molecular weight excluding hydrogens is 220 g/mol. The van der Waals surface area contributed by atoms with E-state index < -0.39 is 0 Å². The number of hydrogen-bond acceptors (Lipinski definition) is 2. The van der Waals surface area contributed by atoms with Gasteiger partial charge in [-0.1, -0.05) is 25.1 Å². The average molecular weight is 244 g/mol. The van der Waals surface area contributed by atoms with Crippen LogP contribution in [0.1, 0.15) is 36.8 Å². The molecule has 1 atom stereocenters. The maximum absolute atomic E-state index is 3.66.